The molecule has 1 aromatic rings. The molecule has 1 unspecified atom stereocenters. The number of nitrogens with zero attached hydrogens (tertiary/aromatic N) is 2. The van der Waals surface area contributed by atoms with Crippen molar-refractivity contribution < 1.29 is 0 Å². The summed E-state index contributed by atoms with van der Waals surface area (Å²) < 4.78 is 2.01. The Morgan fingerprint density at radius 1 is 1.59 bits per heavy atom. The van der Waals surface area contributed by atoms with Gasteiger partial charge in [0.2, 0.25) is 0 Å². The Balaban J connectivity index is 2.02. The van der Waals surface area contributed by atoms with Gasteiger partial charge in [-0.15, -0.1) is 0 Å². The molecule has 3 N–H and O–H groups in total. The number of hydrogen-bond donors (Lipinski definition) is 2. The Kier molecular flexibility index (Phi) is 4.20. The van der Waals surface area contributed by atoms with Crippen LogP contribution in [0.5, 0.6) is 0 Å². The molecule has 2 rings (SSSR count). The lowest BCUT2D eigenvalue weighted by atomic mass is 10.1. The van der Waals surface area contributed by atoms with Gasteiger partial charge in [0, 0.05) is 13.1 Å². The van der Waals surface area contributed by atoms with Gasteiger partial charge < -0.3 is 11.1 Å². The fourth-order valence-electron chi connectivity index (χ4n) is 2.14. The van der Waals surface area contributed by atoms with Crippen LogP contribution in [-0.2, 0) is 6.54 Å². The minimum Gasteiger partial charge on any atom is -0.394 e. The van der Waals surface area contributed by atoms with E-state index in [1.807, 2.05) is 23.4 Å². The van der Waals surface area contributed by atoms with Crippen LogP contribution >= 0.6 is 11.8 Å². The molecule has 17 heavy (non-hydrogen) atoms. The predicted octanol–water partition coefficient (Wildman–Crippen LogP) is 2.35. The number of rotatable bonds is 5. The second-order valence-electron chi connectivity index (χ2n) is 4.68. The Labute approximate surface area is 107 Å². The summed E-state index contributed by atoms with van der Waals surface area (Å²) >= 11 is 2.05. The quantitative estimate of drug-likeness (QED) is 0.847. The number of thioether (sulfide) groups is 1. The smallest absolute Gasteiger partial charge is 0.148 e. The van der Waals surface area contributed by atoms with Crippen LogP contribution in [0.4, 0.5) is 11.5 Å². The molecule has 0 bridgehead atoms. The molecule has 1 aliphatic rings. The van der Waals surface area contributed by atoms with Crippen molar-refractivity contribution in [2.24, 2.45) is 5.92 Å². The van der Waals surface area contributed by atoms with Crippen molar-refractivity contribution in [1.29, 1.82) is 0 Å². The zero-order chi connectivity index (χ0) is 12.3. The first-order valence-electron chi connectivity index (χ1n) is 6.36. The second kappa shape index (κ2) is 5.67. The van der Waals surface area contributed by atoms with E-state index in [9.17, 15) is 0 Å². The molecule has 1 fully saturated rings. The minimum atomic E-state index is 0.782. The van der Waals surface area contributed by atoms with E-state index in [0.717, 1.165) is 42.6 Å². The largest absolute Gasteiger partial charge is 0.394 e. The van der Waals surface area contributed by atoms with E-state index < -0.39 is 0 Å². The second-order valence-corrected chi connectivity index (χ2v) is 5.83. The van der Waals surface area contributed by atoms with Crippen molar-refractivity contribution in [3.8, 4) is 0 Å². The first-order valence-corrected chi connectivity index (χ1v) is 7.52. The average molecular weight is 254 g/mol. The first-order chi connectivity index (χ1) is 8.22. The summed E-state index contributed by atoms with van der Waals surface area (Å²) in [6.45, 7) is 6.08. The average Bonchev–Trinajstić information content (AvgIpc) is 2.89. The van der Waals surface area contributed by atoms with Crippen LogP contribution in [0.25, 0.3) is 0 Å². The number of aromatic nitrogens is 2. The highest BCUT2D eigenvalue weighted by Crippen LogP contribution is 2.26. The lowest BCUT2D eigenvalue weighted by molar-refractivity contribution is 0.589. The minimum absolute atomic E-state index is 0.782. The maximum absolute atomic E-state index is 6.07. The van der Waals surface area contributed by atoms with Gasteiger partial charge in [0.05, 0.1) is 11.4 Å². The topological polar surface area (TPSA) is 55.9 Å². The number of nitrogen functional groups attached to an aromatic ring is 1. The fourth-order valence-corrected chi connectivity index (χ4v) is 3.43. The van der Waals surface area contributed by atoms with Gasteiger partial charge in [0.1, 0.15) is 5.82 Å². The summed E-state index contributed by atoms with van der Waals surface area (Å²) in [5.41, 5.74) is 7.81. The van der Waals surface area contributed by atoms with Crippen LogP contribution in [0, 0.1) is 12.8 Å². The van der Waals surface area contributed by atoms with Crippen LogP contribution in [0.15, 0.2) is 0 Å². The van der Waals surface area contributed by atoms with Crippen molar-refractivity contribution in [2.45, 2.75) is 33.2 Å². The van der Waals surface area contributed by atoms with Gasteiger partial charge in [0.15, 0.2) is 0 Å². The molecule has 1 aromatic heterocycles. The van der Waals surface area contributed by atoms with Gasteiger partial charge in [-0.2, -0.15) is 16.9 Å². The van der Waals surface area contributed by atoms with E-state index in [1.54, 1.807) is 0 Å². The fraction of sp³-hybridized carbons (Fsp3) is 0.750. The van der Waals surface area contributed by atoms with E-state index in [0.29, 0.717) is 0 Å². The number of anilines is 2. The van der Waals surface area contributed by atoms with E-state index in [4.69, 9.17) is 5.73 Å². The van der Waals surface area contributed by atoms with E-state index in [-0.39, 0.29) is 0 Å². The maximum atomic E-state index is 6.07. The molecule has 0 aliphatic carbocycles. The molecule has 0 saturated carbocycles. The number of nitrogens with one attached hydrogen (secondary N) is 1. The summed E-state index contributed by atoms with van der Waals surface area (Å²) in [5, 5.41) is 7.96. The first kappa shape index (κ1) is 12.6. The van der Waals surface area contributed by atoms with Crippen LogP contribution in [0.3, 0.4) is 0 Å². The van der Waals surface area contributed by atoms with Gasteiger partial charge in [-0.05, 0) is 37.2 Å². The van der Waals surface area contributed by atoms with Crippen LogP contribution in [0.2, 0.25) is 0 Å². The molecule has 0 amide bonds. The number of hydrogen-bond acceptors (Lipinski definition) is 4. The van der Waals surface area contributed by atoms with Gasteiger partial charge in [-0.3, -0.25) is 0 Å². The van der Waals surface area contributed by atoms with Crippen LogP contribution < -0.4 is 11.1 Å². The molecular weight excluding hydrogens is 232 g/mol. The molecule has 5 heteroatoms. The highest BCUT2D eigenvalue weighted by Gasteiger charge is 2.17. The molecular formula is C12H22N4S. The molecule has 96 valence electrons. The SMILES string of the molecule is CCCn1nc(C)c(N)c1NCC1CCSC1. The van der Waals surface area contributed by atoms with Crippen molar-refractivity contribution in [2.75, 3.05) is 29.1 Å². The molecule has 0 aromatic carbocycles. The lowest BCUT2D eigenvalue weighted by Gasteiger charge is -2.13. The molecule has 2 heterocycles. The predicted molar refractivity (Wildman–Crippen MR) is 75.6 cm³/mol. The third kappa shape index (κ3) is 2.89. The summed E-state index contributed by atoms with van der Waals surface area (Å²) in [6, 6.07) is 0. The van der Waals surface area contributed by atoms with Crippen molar-refractivity contribution >= 4 is 23.3 Å². The van der Waals surface area contributed by atoms with Crippen LogP contribution in [-0.4, -0.2) is 27.8 Å². The third-order valence-electron chi connectivity index (χ3n) is 3.19. The van der Waals surface area contributed by atoms with Crippen molar-refractivity contribution in [3.63, 3.8) is 0 Å². The molecule has 0 radical (unpaired) electrons. The number of nitrogens with two attached hydrogens (primary N) is 1. The van der Waals surface area contributed by atoms with E-state index in [1.165, 1.54) is 17.9 Å². The lowest BCUT2D eigenvalue weighted by Crippen LogP contribution is -2.17. The van der Waals surface area contributed by atoms with Gasteiger partial charge >= 0.3 is 0 Å². The van der Waals surface area contributed by atoms with Gasteiger partial charge in [-0.1, -0.05) is 6.92 Å². The molecule has 1 atom stereocenters. The zero-order valence-electron chi connectivity index (χ0n) is 10.7. The Morgan fingerprint density at radius 3 is 3.06 bits per heavy atom. The Bertz CT molecular complexity index is 369. The van der Waals surface area contributed by atoms with Gasteiger partial charge in [-0.25, -0.2) is 4.68 Å². The van der Waals surface area contributed by atoms with Crippen molar-refractivity contribution in [1.82, 2.24) is 9.78 Å². The highest BCUT2D eigenvalue weighted by atomic mass is 32.2. The van der Waals surface area contributed by atoms with Crippen molar-refractivity contribution in [3.05, 3.63) is 5.69 Å². The van der Waals surface area contributed by atoms with E-state index >= 15 is 0 Å². The summed E-state index contributed by atoms with van der Waals surface area (Å²) in [4.78, 5) is 0. The monoisotopic (exact) mass is 254 g/mol. The normalized spacial score (nSPS) is 19.8. The Hall–Kier alpha value is -0.840. The molecule has 4 nitrogen and oxygen atoms in total. The highest BCUT2D eigenvalue weighted by molar-refractivity contribution is 7.99. The molecule has 0 spiro atoms. The molecule has 1 saturated heterocycles. The molecule has 1 aliphatic heterocycles. The van der Waals surface area contributed by atoms with E-state index in [2.05, 4.69) is 17.3 Å². The zero-order valence-corrected chi connectivity index (χ0v) is 11.5. The number of aryl methyl sites for hydroxylation is 2. The maximum Gasteiger partial charge on any atom is 0.148 e. The van der Waals surface area contributed by atoms with Gasteiger partial charge in [0.25, 0.3) is 0 Å². The summed E-state index contributed by atoms with van der Waals surface area (Å²) in [5.74, 6) is 4.37. The third-order valence-corrected chi connectivity index (χ3v) is 4.42. The summed E-state index contributed by atoms with van der Waals surface area (Å²) in [6.07, 6.45) is 2.40. The Morgan fingerprint density at radius 2 is 2.41 bits per heavy atom. The standard InChI is InChI=1S/C12H22N4S/c1-3-5-16-12(11(13)9(2)15-16)14-7-10-4-6-17-8-10/h10,14H,3-8,13H2,1-2H3. The summed E-state index contributed by atoms with van der Waals surface area (Å²) in [7, 11) is 0. The van der Waals surface area contributed by atoms with Crippen LogP contribution in [0.1, 0.15) is 25.5 Å².